The largest absolute Gasteiger partial charge is 0.324 e. The maximum absolute atomic E-state index is 11.8. The molecule has 0 aliphatic heterocycles. The lowest BCUT2D eigenvalue weighted by Gasteiger charge is -2.10. The Morgan fingerprint density at radius 1 is 1.20 bits per heavy atom. The van der Waals surface area contributed by atoms with Crippen LogP contribution in [-0.4, -0.2) is 29.7 Å². The zero-order valence-electron chi connectivity index (χ0n) is 13.0. The van der Waals surface area contributed by atoms with Gasteiger partial charge in [-0.3, -0.25) is 4.68 Å². The topological polar surface area (TPSA) is 78.0 Å². The van der Waals surface area contributed by atoms with Crippen LogP contribution in [0.4, 0.5) is 0 Å². The van der Waals surface area contributed by atoms with Crippen molar-refractivity contribution in [3.05, 3.63) is 17.0 Å². The molecule has 0 fully saturated rings. The van der Waals surface area contributed by atoms with Crippen LogP contribution in [-0.2, 0) is 29.2 Å². The number of aryl methyl sites for hydroxylation is 2. The van der Waals surface area contributed by atoms with E-state index in [2.05, 4.69) is 12.0 Å². The number of sulfone groups is 1. The average molecular weight is 301 g/mol. The molecule has 116 valence electrons. The third kappa shape index (κ3) is 4.06. The summed E-state index contributed by atoms with van der Waals surface area (Å²) in [5.74, 6) is 0.396. The predicted molar refractivity (Wildman–Crippen MR) is 82.5 cm³/mol. The van der Waals surface area contributed by atoms with Crippen molar-refractivity contribution < 1.29 is 8.42 Å². The van der Waals surface area contributed by atoms with E-state index in [9.17, 15) is 8.42 Å². The Balaban J connectivity index is 3.01. The van der Waals surface area contributed by atoms with Gasteiger partial charge in [0.05, 0.1) is 18.0 Å². The fraction of sp³-hybridized carbons (Fsp3) is 0.786. The van der Waals surface area contributed by atoms with Crippen molar-refractivity contribution >= 4 is 9.84 Å². The van der Waals surface area contributed by atoms with E-state index in [0.717, 1.165) is 29.8 Å². The van der Waals surface area contributed by atoms with Crippen molar-refractivity contribution in [3.63, 3.8) is 0 Å². The van der Waals surface area contributed by atoms with Crippen LogP contribution in [0.5, 0.6) is 0 Å². The molecule has 5 nitrogen and oxygen atoms in total. The highest BCUT2D eigenvalue weighted by atomic mass is 32.2. The van der Waals surface area contributed by atoms with Crippen molar-refractivity contribution in [1.29, 1.82) is 0 Å². The highest BCUT2D eigenvalue weighted by Gasteiger charge is 2.19. The second-order valence-electron chi connectivity index (χ2n) is 5.18. The van der Waals surface area contributed by atoms with Gasteiger partial charge in [-0.25, -0.2) is 8.42 Å². The van der Waals surface area contributed by atoms with E-state index in [-0.39, 0.29) is 17.5 Å². The molecule has 1 aromatic heterocycles. The Labute approximate surface area is 122 Å². The van der Waals surface area contributed by atoms with E-state index in [1.807, 2.05) is 25.5 Å². The smallest absolute Gasteiger partial charge is 0.152 e. The first kappa shape index (κ1) is 17.2. The normalized spacial score (nSPS) is 13.7. The first-order valence-corrected chi connectivity index (χ1v) is 9.22. The maximum Gasteiger partial charge on any atom is 0.152 e. The van der Waals surface area contributed by atoms with Crippen LogP contribution in [0.2, 0.25) is 0 Å². The molecule has 2 N–H and O–H groups in total. The summed E-state index contributed by atoms with van der Waals surface area (Å²) in [7, 11) is -2.98. The van der Waals surface area contributed by atoms with Gasteiger partial charge in [-0.05, 0) is 26.2 Å². The Kier molecular flexibility index (Phi) is 6.20. The molecule has 1 atom stereocenters. The molecule has 0 radical (unpaired) electrons. The van der Waals surface area contributed by atoms with Crippen molar-refractivity contribution in [2.45, 2.75) is 59.5 Å². The van der Waals surface area contributed by atoms with E-state index in [0.29, 0.717) is 13.0 Å². The van der Waals surface area contributed by atoms with Gasteiger partial charge in [-0.2, -0.15) is 5.10 Å². The fourth-order valence-electron chi connectivity index (χ4n) is 2.55. The Morgan fingerprint density at radius 2 is 1.85 bits per heavy atom. The van der Waals surface area contributed by atoms with Gasteiger partial charge in [-0.15, -0.1) is 0 Å². The summed E-state index contributed by atoms with van der Waals surface area (Å²) in [5, 5.41) is 4.56. The molecule has 1 rings (SSSR count). The Bertz CT molecular complexity index is 533. The summed E-state index contributed by atoms with van der Waals surface area (Å²) in [4.78, 5) is 0. The summed E-state index contributed by atoms with van der Waals surface area (Å²) >= 11 is 0. The van der Waals surface area contributed by atoms with Gasteiger partial charge < -0.3 is 5.73 Å². The highest BCUT2D eigenvalue weighted by Crippen LogP contribution is 2.22. The molecular formula is C14H27N3O2S. The quantitative estimate of drug-likeness (QED) is 0.795. The van der Waals surface area contributed by atoms with Crippen molar-refractivity contribution in [2.75, 3.05) is 11.5 Å². The van der Waals surface area contributed by atoms with Crippen LogP contribution < -0.4 is 5.73 Å². The van der Waals surface area contributed by atoms with Gasteiger partial charge in [0, 0.05) is 23.1 Å². The third-order valence-corrected chi connectivity index (χ3v) is 5.26. The number of hydrogen-bond donors (Lipinski definition) is 1. The van der Waals surface area contributed by atoms with Crippen LogP contribution in [0.15, 0.2) is 0 Å². The fourth-order valence-corrected chi connectivity index (χ4v) is 3.83. The molecule has 0 saturated heterocycles. The van der Waals surface area contributed by atoms with Crippen LogP contribution in [0.25, 0.3) is 0 Å². The number of nitrogens with zero attached hydrogens (tertiary/aromatic N) is 2. The van der Waals surface area contributed by atoms with Gasteiger partial charge in [0.15, 0.2) is 9.84 Å². The van der Waals surface area contributed by atoms with Crippen LogP contribution in [0.3, 0.4) is 0 Å². The van der Waals surface area contributed by atoms with Crippen LogP contribution in [0, 0.1) is 0 Å². The van der Waals surface area contributed by atoms with E-state index in [1.165, 1.54) is 0 Å². The lowest BCUT2D eigenvalue weighted by atomic mass is 10.0. The Morgan fingerprint density at radius 3 is 2.30 bits per heavy atom. The molecule has 0 bridgehead atoms. The van der Waals surface area contributed by atoms with Gasteiger partial charge >= 0.3 is 0 Å². The SMILES string of the molecule is CCCS(=O)(=O)CCn1nc(CC)c(C(C)N)c1CC. The zero-order valence-corrected chi connectivity index (χ0v) is 13.8. The summed E-state index contributed by atoms with van der Waals surface area (Å²) in [5.41, 5.74) is 9.19. The third-order valence-electron chi connectivity index (χ3n) is 3.43. The number of nitrogens with two attached hydrogens (primary N) is 1. The highest BCUT2D eigenvalue weighted by molar-refractivity contribution is 7.91. The molecule has 0 spiro atoms. The monoisotopic (exact) mass is 301 g/mol. The Hall–Kier alpha value is -0.880. The standard InChI is InChI=1S/C14H27N3O2S/c1-5-9-20(18,19)10-8-17-13(7-3)14(11(4)15)12(6-2)16-17/h11H,5-10,15H2,1-4H3. The lowest BCUT2D eigenvalue weighted by molar-refractivity contribution is 0.570. The van der Waals surface area contributed by atoms with E-state index >= 15 is 0 Å². The minimum Gasteiger partial charge on any atom is -0.324 e. The van der Waals surface area contributed by atoms with Crippen molar-refractivity contribution in [3.8, 4) is 0 Å². The van der Waals surface area contributed by atoms with E-state index < -0.39 is 9.84 Å². The molecule has 1 aromatic rings. The molecule has 0 aromatic carbocycles. The summed E-state index contributed by atoms with van der Waals surface area (Å²) in [6, 6.07) is -0.0686. The lowest BCUT2D eigenvalue weighted by Crippen LogP contribution is -2.18. The summed E-state index contributed by atoms with van der Waals surface area (Å²) < 4.78 is 25.5. The molecule has 1 heterocycles. The van der Waals surface area contributed by atoms with Gasteiger partial charge in [0.2, 0.25) is 0 Å². The second kappa shape index (κ2) is 7.22. The minimum absolute atomic E-state index is 0.0686. The summed E-state index contributed by atoms with van der Waals surface area (Å²) in [6.07, 6.45) is 2.30. The van der Waals surface area contributed by atoms with Gasteiger partial charge in [0.1, 0.15) is 0 Å². The zero-order chi connectivity index (χ0) is 15.3. The van der Waals surface area contributed by atoms with Gasteiger partial charge in [-0.1, -0.05) is 20.8 Å². The van der Waals surface area contributed by atoms with Crippen LogP contribution >= 0.6 is 0 Å². The minimum atomic E-state index is -2.98. The summed E-state index contributed by atoms with van der Waals surface area (Å²) in [6.45, 7) is 8.36. The average Bonchev–Trinajstić information content (AvgIpc) is 2.74. The maximum atomic E-state index is 11.8. The van der Waals surface area contributed by atoms with E-state index in [4.69, 9.17) is 5.73 Å². The molecule has 0 saturated carbocycles. The molecule has 1 unspecified atom stereocenters. The van der Waals surface area contributed by atoms with Gasteiger partial charge in [0.25, 0.3) is 0 Å². The van der Waals surface area contributed by atoms with Crippen molar-refractivity contribution in [2.24, 2.45) is 5.73 Å². The molecular weight excluding hydrogens is 274 g/mol. The molecule has 20 heavy (non-hydrogen) atoms. The number of hydrogen-bond acceptors (Lipinski definition) is 4. The first-order chi connectivity index (χ1) is 9.36. The molecule has 0 amide bonds. The van der Waals surface area contributed by atoms with E-state index in [1.54, 1.807) is 0 Å². The number of rotatable bonds is 8. The molecule has 6 heteroatoms. The second-order valence-corrected chi connectivity index (χ2v) is 7.48. The van der Waals surface area contributed by atoms with Crippen molar-refractivity contribution in [1.82, 2.24) is 9.78 Å². The first-order valence-electron chi connectivity index (χ1n) is 7.40. The molecule has 0 aliphatic rings. The van der Waals surface area contributed by atoms with Crippen LogP contribution in [0.1, 0.15) is 57.1 Å². The molecule has 0 aliphatic carbocycles. The number of aromatic nitrogens is 2. The predicted octanol–water partition coefficient (Wildman–Crippen LogP) is 1.85.